The molecule has 0 fully saturated rings. The molecule has 0 aliphatic heterocycles. The molecule has 0 heterocycles. The van der Waals surface area contributed by atoms with Gasteiger partial charge in [0.15, 0.2) is 11.5 Å². The van der Waals surface area contributed by atoms with Crippen molar-refractivity contribution in [3.05, 3.63) is 89.4 Å². The number of hydrogen-bond donors (Lipinski definition) is 2. The second kappa shape index (κ2) is 5.35. The van der Waals surface area contributed by atoms with Crippen LogP contribution in [0, 0.1) is 0 Å². The van der Waals surface area contributed by atoms with Crippen LogP contribution >= 0.6 is 0 Å². The predicted molar refractivity (Wildman–Crippen MR) is 95.9 cm³/mol. The molecule has 0 aliphatic rings. The average Bonchev–Trinajstić information content (AvgIpc) is 2.69. The van der Waals surface area contributed by atoms with Crippen LogP contribution in [0.5, 0.6) is 11.5 Å². The Balaban J connectivity index is 1.65. The fourth-order valence-corrected chi connectivity index (χ4v) is 2.95. The number of benzene rings is 2. The maximum Gasteiger partial charge on any atom is 0.268 e. The molecule has 6 nitrogen and oxygen atoms in total. The van der Waals surface area contributed by atoms with Gasteiger partial charge in [0, 0.05) is 0 Å². The molecule has 0 saturated heterocycles. The van der Waals surface area contributed by atoms with Crippen LogP contribution in [-0.2, 0) is 0 Å². The molecule has 0 atom stereocenters. The van der Waals surface area contributed by atoms with Crippen LogP contribution in [0.3, 0.4) is 0 Å². The van der Waals surface area contributed by atoms with E-state index in [1.807, 2.05) is 0 Å². The van der Waals surface area contributed by atoms with Crippen molar-refractivity contribution in [2.45, 2.75) is 0 Å². The maximum atomic E-state index is 11.5. The molecule has 4 rings (SSSR count). The van der Waals surface area contributed by atoms with Gasteiger partial charge in [-0.25, -0.2) is 0 Å². The Labute approximate surface area is 145 Å². The molecule has 0 spiro atoms. The Bertz CT molecular complexity index is 1190. The minimum absolute atomic E-state index is 0.0208. The highest BCUT2D eigenvalue weighted by Crippen LogP contribution is 2.30. The predicted octanol–water partition coefficient (Wildman–Crippen LogP) is 1.29. The van der Waals surface area contributed by atoms with Gasteiger partial charge in [-0.15, -0.1) is 0 Å². The number of aromatic hydroxyl groups is 2. The lowest BCUT2D eigenvalue weighted by Gasteiger charge is -2.09. The highest BCUT2D eigenvalue weighted by Gasteiger charge is 2.22. The molecule has 6 heteroatoms. The second-order valence-electron chi connectivity index (χ2n) is 5.92. The molecule has 0 aliphatic carbocycles. The Morgan fingerprint density at radius 2 is 0.692 bits per heavy atom. The van der Waals surface area contributed by atoms with E-state index in [1.54, 1.807) is 48.5 Å². The van der Waals surface area contributed by atoms with Crippen molar-refractivity contribution >= 4 is 0 Å². The fraction of sp³-hybridized carbons (Fsp3) is 0. The summed E-state index contributed by atoms with van der Waals surface area (Å²) in [6.45, 7) is 0. The van der Waals surface area contributed by atoms with Crippen LogP contribution < -0.4 is 21.7 Å². The Morgan fingerprint density at radius 3 is 0.962 bits per heavy atom. The third kappa shape index (κ3) is 2.05. The van der Waals surface area contributed by atoms with Crippen LogP contribution in [-0.4, -0.2) is 10.2 Å². The molecule has 0 amide bonds. The molecule has 0 aromatic heterocycles. The normalized spacial score (nSPS) is 11.2. The zero-order valence-electron chi connectivity index (χ0n) is 13.1. The van der Waals surface area contributed by atoms with E-state index in [-0.39, 0.29) is 11.1 Å². The first-order chi connectivity index (χ1) is 12.4. The molecule has 26 heavy (non-hydrogen) atoms. The Kier molecular flexibility index (Phi) is 3.23. The number of hydrogen-bond acceptors (Lipinski definition) is 6. The van der Waals surface area contributed by atoms with E-state index >= 15 is 0 Å². The SMILES string of the molecule is O=c1c(O)c(-c2ccc(-c3ccc(-c4c(O)c(=O)c4=O)cc3)cc2)c1=O. The molecule has 0 bridgehead atoms. The highest BCUT2D eigenvalue weighted by molar-refractivity contribution is 5.78. The molecule has 4 aromatic rings. The van der Waals surface area contributed by atoms with Gasteiger partial charge in [0.1, 0.15) is 0 Å². The summed E-state index contributed by atoms with van der Waals surface area (Å²) in [6, 6.07) is 13.4. The maximum absolute atomic E-state index is 11.5. The molecular formula is C20H10O6. The van der Waals surface area contributed by atoms with Gasteiger partial charge in [-0.2, -0.15) is 0 Å². The van der Waals surface area contributed by atoms with Crippen molar-refractivity contribution in [3.63, 3.8) is 0 Å². The van der Waals surface area contributed by atoms with Gasteiger partial charge in [-0.05, 0) is 22.3 Å². The van der Waals surface area contributed by atoms with E-state index in [4.69, 9.17) is 0 Å². The van der Waals surface area contributed by atoms with E-state index in [0.717, 1.165) is 11.1 Å². The van der Waals surface area contributed by atoms with Crippen LogP contribution in [0.2, 0.25) is 0 Å². The molecule has 0 unspecified atom stereocenters. The largest absolute Gasteiger partial charge is 0.503 e. The first-order valence-corrected chi connectivity index (χ1v) is 7.66. The molecular weight excluding hydrogens is 336 g/mol. The highest BCUT2D eigenvalue weighted by atomic mass is 16.3. The first-order valence-electron chi connectivity index (χ1n) is 7.66. The van der Waals surface area contributed by atoms with E-state index in [2.05, 4.69) is 0 Å². The summed E-state index contributed by atoms with van der Waals surface area (Å²) in [7, 11) is 0. The first kappa shape index (κ1) is 15.7. The summed E-state index contributed by atoms with van der Waals surface area (Å²) in [6.07, 6.45) is 0. The molecule has 0 saturated carbocycles. The van der Waals surface area contributed by atoms with E-state index in [1.165, 1.54) is 0 Å². The third-order valence-corrected chi connectivity index (χ3v) is 4.45. The van der Waals surface area contributed by atoms with E-state index < -0.39 is 33.2 Å². The molecule has 2 N–H and O–H groups in total. The summed E-state index contributed by atoms with van der Waals surface area (Å²) in [5.74, 6) is -1.03. The standard InChI is InChI=1S/C20H10O6/c21-15-13(16(22)19(15)25)11-5-1-9(2-6-11)10-3-7-12(8-4-10)14-17(23)20(26)18(14)24/h1-8,21,23H. The summed E-state index contributed by atoms with van der Waals surface area (Å²) in [5.41, 5.74) is -0.565. The quantitative estimate of drug-likeness (QED) is 0.541. The van der Waals surface area contributed by atoms with Crippen LogP contribution in [0.15, 0.2) is 67.7 Å². The zero-order valence-corrected chi connectivity index (χ0v) is 13.1. The average molecular weight is 346 g/mol. The van der Waals surface area contributed by atoms with Crippen LogP contribution in [0.1, 0.15) is 0 Å². The summed E-state index contributed by atoms with van der Waals surface area (Å²) in [4.78, 5) is 45.2. The lowest BCUT2D eigenvalue weighted by molar-refractivity contribution is 0.465. The minimum Gasteiger partial charge on any atom is -0.503 e. The van der Waals surface area contributed by atoms with Gasteiger partial charge in [-0.3, -0.25) is 19.2 Å². The van der Waals surface area contributed by atoms with Crippen LogP contribution in [0.25, 0.3) is 33.4 Å². The fourth-order valence-electron chi connectivity index (χ4n) is 2.95. The summed E-state index contributed by atoms with van der Waals surface area (Å²) < 4.78 is 0. The summed E-state index contributed by atoms with van der Waals surface area (Å²) in [5, 5.41) is 19.0. The minimum atomic E-state index is -0.874. The van der Waals surface area contributed by atoms with Gasteiger partial charge in [0.25, 0.3) is 10.9 Å². The van der Waals surface area contributed by atoms with Crippen molar-refractivity contribution in [1.29, 1.82) is 0 Å². The lowest BCUT2D eigenvalue weighted by Crippen LogP contribution is -2.31. The monoisotopic (exact) mass is 346 g/mol. The van der Waals surface area contributed by atoms with Gasteiger partial charge in [-0.1, -0.05) is 48.5 Å². The van der Waals surface area contributed by atoms with Crippen LogP contribution in [0.4, 0.5) is 0 Å². The Morgan fingerprint density at radius 1 is 0.423 bits per heavy atom. The van der Waals surface area contributed by atoms with E-state index in [0.29, 0.717) is 11.1 Å². The van der Waals surface area contributed by atoms with E-state index in [9.17, 15) is 29.4 Å². The van der Waals surface area contributed by atoms with Crippen molar-refractivity contribution in [2.24, 2.45) is 0 Å². The number of rotatable bonds is 3. The smallest absolute Gasteiger partial charge is 0.268 e. The molecule has 0 radical (unpaired) electrons. The van der Waals surface area contributed by atoms with Gasteiger partial charge < -0.3 is 10.2 Å². The summed E-state index contributed by atoms with van der Waals surface area (Å²) >= 11 is 0. The molecule has 126 valence electrons. The van der Waals surface area contributed by atoms with Crippen molar-refractivity contribution in [3.8, 4) is 44.9 Å². The topological polar surface area (TPSA) is 109 Å². The van der Waals surface area contributed by atoms with Gasteiger partial charge in [0.05, 0.1) is 11.1 Å². The van der Waals surface area contributed by atoms with Crippen molar-refractivity contribution < 1.29 is 10.2 Å². The zero-order chi connectivity index (χ0) is 18.6. The van der Waals surface area contributed by atoms with Gasteiger partial charge in [0.2, 0.25) is 10.9 Å². The van der Waals surface area contributed by atoms with Gasteiger partial charge >= 0.3 is 0 Å². The van der Waals surface area contributed by atoms with Crippen molar-refractivity contribution in [2.75, 3.05) is 0 Å². The van der Waals surface area contributed by atoms with Crippen molar-refractivity contribution in [1.82, 2.24) is 0 Å². The third-order valence-electron chi connectivity index (χ3n) is 4.45. The second-order valence-corrected chi connectivity index (χ2v) is 5.92. The lowest BCUT2D eigenvalue weighted by atomic mass is 9.95. The molecule has 4 aromatic carbocycles. The Hall–Kier alpha value is -3.80.